The van der Waals surface area contributed by atoms with E-state index in [-0.39, 0.29) is 0 Å². The van der Waals surface area contributed by atoms with Crippen LogP contribution in [0.5, 0.6) is 0 Å². The maximum atomic E-state index is 5.57. The van der Waals surface area contributed by atoms with Gasteiger partial charge in [-0.15, -0.1) is 0 Å². The third-order valence-corrected chi connectivity index (χ3v) is 5.84. The van der Waals surface area contributed by atoms with Crippen LogP contribution in [-0.4, -0.2) is 11.5 Å². The van der Waals surface area contributed by atoms with Crippen molar-refractivity contribution in [2.75, 3.05) is 17.2 Å². The fourth-order valence-corrected chi connectivity index (χ4v) is 3.98. The van der Waals surface area contributed by atoms with Gasteiger partial charge in [0.15, 0.2) is 0 Å². The van der Waals surface area contributed by atoms with Crippen LogP contribution >= 0.6 is 35.8 Å². The minimum atomic E-state index is 0.970. The minimum Gasteiger partial charge on any atom is -0.397 e. The number of nitrogen functional groups attached to an aromatic ring is 1. The molecule has 21 heavy (non-hydrogen) atoms. The second-order valence-electron chi connectivity index (χ2n) is 4.90. The summed E-state index contributed by atoms with van der Waals surface area (Å²) in [5.41, 5.74) is 6.54. The van der Waals surface area contributed by atoms with Crippen LogP contribution in [-0.2, 0) is 3.63 Å². The second kappa shape index (κ2) is 12.6. The molecule has 2 heterocycles. The number of hydrogen-bond donors (Lipinski definition) is 1. The normalized spacial score (nSPS) is 11.5. The summed E-state index contributed by atoms with van der Waals surface area (Å²) in [7, 11) is 0. The molecule has 2 N–H and O–H groups in total. The third kappa shape index (κ3) is 8.29. The lowest BCUT2D eigenvalue weighted by molar-refractivity contribution is 0.719. The van der Waals surface area contributed by atoms with Crippen LogP contribution in [0.4, 0.5) is 5.69 Å². The minimum absolute atomic E-state index is 0.970. The van der Waals surface area contributed by atoms with Crippen LogP contribution in [0.3, 0.4) is 0 Å². The summed E-state index contributed by atoms with van der Waals surface area (Å²) < 4.78 is 5.36. The molecule has 1 aromatic carbocycles. The molecule has 0 fully saturated rings. The Hall–Kier alpha value is 0.0300. The van der Waals surface area contributed by atoms with Crippen LogP contribution < -0.4 is 5.73 Å². The zero-order chi connectivity index (χ0) is 15.3. The molecule has 120 valence electrons. The van der Waals surface area contributed by atoms with E-state index in [0.29, 0.717) is 0 Å². The van der Waals surface area contributed by atoms with Gasteiger partial charge in [0.05, 0.1) is 5.69 Å². The number of fused-ring (bicyclic) bond motifs is 2. The number of rotatable bonds is 10. The summed E-state index contributed by atoms with van der Waals surface area (Å²) in [6.45, 7) is 4.45. The number of unbranched alkanes of at least 4 members (excludes halogenated alkanes) is 4. The molecule has 0 amide bonds. The van der Waals surface area contributed by atoms with Crippen molar-refractivity contribution in [2.24, 2.45) is 0 Å². The highest BCUT2D eigenvalue weighted by atomic mass is 32.2. The Labute approximate surface area is 142 Å². The van der Waals surface area contributed by atoms with Gasteiger partial charge in [-0.1, -0.05) is 57.4 Å². The van der Waals surface area contributed by atoms with Crippen molar-refractivity contribution >= 4 is 41.5 Å². The molecule has 0 saturated carbocycles. The average molecular weight is 346 g/mol. The topological polar surface area (TPSA) is 35.2 Å². The first-order valence-electron chi connectivity index (χ1n) is 7.77. The molecule has 5 heteroatoms. The number of hydrogen-bond acceptors (Lipinski definition) is 5. The van der Waals surface area contributed by atoms with Crippen LogP contribution in [0.25, 0.3) is 0 Å². The van der Waals surface area contributed by atoms with Gasteiger partial charge in [-0.3, -0.25) is 0 Å². The molecule has 0 saturated heterocycles. The fraction of sp³-hybridized carbons (Fsp3) is 0.625. The van der Waals surface area contributed by atoms with E-state index in [1.165, 1.54) is 48.3 Å². The predicted octanol–water partition coefficient (Wildman–Crippen LogP) is 6.41. The van der Waals surface area contributed by atoms with E-state index in [4.69, 9.17) is 9.36 Å². The summed E-state index contributed by atoms with van der Waals surface area (Å²) in [5, 5.41) is 0. The molecule has 2 aliphatic rings. The summed E-state index contributed by atoms with van der Waals surface area (Å²) >= 11 is 4.98. The smallest absolute Gasteiger partial charge is 0.0597 e. The third-order valence-electron chi connectivity index (χ3n) is 3.00. The molecular formula is C16H27NOS3. The molecule has 0 radical (unpaired) electrons. The Kier molecular flexibility index (Phi) is 11.4. The van der Waals surface area contributed by atoms with Gasteiger partial charge in [-0.05, 0) is 25.0 Å². The average Bonchev–Trinajstić information content (AvgIpc) is 2.54. The molecule has 2 aliphatic heterocycles. The van der Waals surface area contributed by atoms with E-state index in [9.17, 15) is 0 Å². The lowest BCUT2D eigenvalue weighted by Crippen LogP contribution is -1.98. The van der Waals surface area contributed by atoms with E-state index in [2.05, 4.69) is 13.8 Å². The molecular weight excluding hydrogens is 318 g/mol. The lowest BCUT2D eigenvalue weighted by Gasteiger charge is -2.17. The highest BCUT2D eigenvalue weighted by Crippen LogP contribution is 2.46. The summed E-state index contributed by atoms with van der Waals surface area (Å²) in [6, 6.07) is 6.09. The number of anilines is 1. The molecule has 0 atom stereocenters. The first-order chi connectivity index (χ1) is 10.3. The largest absolute Gasteiger partial charge is 0.397 e. The Bertz CT molecular complexity index is 358. The summed E-state index contributed by atoms with van der Waals surface area (Å²) in [6.07, 6.45) is 7.83. The Balaban J connectivity index is 0.000000230. The van der Waals surface area contributed by atoms with Gasteiger partial charge < -0.3 is 5.73 Å². The van der Waals surface area contributed by atoms with E-state index in [0.717, 1.165) is 17.2 Å². The second-order valence-corrected chi connectivity index (χ2v) is 7.81. The van der Waals surface area contributed by atoms with Gasteiger partial charge in [-0.25, -0.2) is 3.63 Å². The van der Waals surface area contributed by atoms with E-state index < -0.39 is 0 Å². The maximum absolute atomic E-state index is 5.57. The van der Waals surface area contributed by atoms with Gasteiger partial charge >= 0.3 is 0 Å². The number of benzene rings is 1. The van der Waals surface area contributed by atoms with Crippen molar-refractivity contribution in [2.45, 2.75) is 62.2 Å². The quantitative estimate of drug-likeness (QED) is 0.305. The van der Waals surface area contributed by atoms with Crippen molar-refractivity contribution in [1.29, 1.82) is 0 Å². The SMILES string of the molecule is CCCCCSOSCCCCC.Nc1c2cccc1S2. The molecule has 0 aliphatic carbocycles. The zero-order valence-corrected chi connectivity index (χ0v) is 15.5. The number of nitrogens with two attached hydrogens (primary N) is 1. The standard InChI is InChI=1S/C10H22OS2.C6H5NS/c1-3-5-7-9-12-11-13-10-8-6-4-2;7-6-4-2-1-3-5(6)8-4/h3-10H2,1-2H3;1-3H,7H2. The van der Waals surface area contributed by atoms with Crippen molar-refractivity contribution in [3.63, 3.8) is 0 Å². The molecule has 1 aromatic rings. The molecule has 0 aromatic heterocycles. The van der Waals surface area contributed by atoms with Crippen molar-refractivity contribution in [1.82, 2.24) is 0 Å². The van der Waals surface area contributed by atoms with Gasteiger partial charge in [0, 0.05) is 45.4 Å². The molecule has 3 rings (SSSR count). The van der Waals surface area contributed by atoms with Gasteiger partial charge in [0.25, 0.3) is 0 Å². The summed E-state index contributed by atoms with van der Waals surface area (Å²) in [5.74, 6) is 2.29. The van der Waals surface area contributed by atoms with Gasteiger partial charge in [-0.2, -0.15) is 0 Å². The predicted molar refractivity (Wildman–Crippen MR) is 100 cm³/mol. The highest BCUT2D eigenvalue weighted by molar-refractivity contribution is 8.07. The van der Waals surface area contributed by atoms with Gasteiger partial charge in [0.2, 0.25) is 0 Å². The van der Waals surface area contributed by atoms with Crippen molar-refractivity contribution in [3.8, 4) is 0 Å². The number of para-hydroxylation sites is 1. The Morgan fingerprint density at radius 2 is 1.48 bits per heavy atom. The van der Waals surface area contributed by atoms with E-state index >= 15 is 0 Å². The molecule has 2 bridgehead atoms. The fourth-order valence-electron chi connectivity index (χ4n) is 1.70. The molecule has 2 nitrogen and oxygen atoms in total. The molecule has 0 spiro atoms. The zero-order valence-electron chi connectivity index (χ0n) is 13.1. The van der Waals surface area contributed by atoms with Crippen molar-refractivity contribution in [3.05, 3.63) is 18.2 Å². The Morgan fingerprint density at radius 3 is 1.81 bits per heavy atom. The van der Waals surface area contributed by atoms with Crippen LogP contribution in [0.2, 0.25) is 0 Å². The highest BCUT2D eigenvalue weighted by Gasteiger charge is 2.15. The van der Waals surface area contributed by atoms with Crippen LogP contribution in [0.15, 0.2) is 28.0 Å². The van der Waals surface area contributed by atoms with Crippen LogP contribution in [0.1, 0.15) is 52.4 Å². The maximum Gasteiger partial charge on any atom is 0.0597 e. The summed E-state index contributed by atoms with van der Waals surface area (Å²) in [4.78, 5) is 2.45. The van der Waals surface area contributed by atoms with E-state index in [1.54, 1.807) is 35.8 Å². The van der Waals surface area contributed by atoms with E-state index in [1.807, 2.05) is 18.2 Å². The Morgan fingerprint density at radius 1 is 0.952 bits per heavy atom. The first kappa shape index (κ1) is 19.1. The van der Waals surface area contributed by atoms with Crippen molar-refractivity contribution < 1.29 is 3.63 Å². The lowest BCUT2D eigenvalue weighted by atomic mass is 10.3. The van der Waals surface area contributed by atoms with Gasteiger partial charge in [0.1, 0.15) is 0 Å². The molecule has 0 unspecified atom stereocenters. The van der Waals surface area contributed by atoms with Crippen LogP contribution in [0, 0.1) is 0 Å². The monoisotopic (exact) mass is 345 g/mol. The first-order valence-corrected chi connectivity index (χ1v) is 10.4.